The molecule has 0 amide bonds. The van der Waals surface area contributed by atoms with Gasteiger partial charge in [0.05, 0.1) is 6.04 Å². The minimum absolute atomic E-state index is 0.156. The first kappa shape index (κ1) is 15.4. The molecule has 4 heteroatoms. The average molecular weight is 276 g/mol. The Hall–Kier alpha value is -0.970. The van der Waals surface area contributed by atoms with Crippen LogP contribution in [0, 0.1) is 0 Å². The van der Waals surface area contributed by atoms with Gasteiger partial charge in [-0.3, -0.25) is 9.88 Å². The van der Waals surface area contributed by atoms with Gasteiger partial charge in [0, 0.05) is 24.5 Å². The van der Waals surface area contributed by atoms with Crippen LogP contribution in [0.1, 0.15) is 37.8 Å². The lowest BCUT2D eigenvalue weighted by molar-refractivity contribution is 0.0933. The molecular weight excluding hydrogens is 248 g/mol. The summed E-state index contributed by atoms with van der Waals surface area (Å²) in [6.07, 6.45) is 7.22. The molecule has 0 spiro atoms. The number of hydrogen-bond acceptors (Lipinski definition) is 4. The molecule has 0 saturated carbocycles. The fourth-order valence-corrected chi connectivity index (χ4v) is 3.19. The summed E-state index contributed by atoms with van der Waals surface area (Å²) < 4.78 is 0. The highest BCUT2D eigenvalue weighted by Crippen LogP contribution is 2.28. The second-order valence-electron chi connectivity index (χ2n) is 6.00. The molecular formula is C16H28N4. The smallest absolute Gasteiger partial charge is 0.0514 e. The second kappa shape index (κ2) is 7.16. The minimum Gasteiger partial charge on any atom is -0.326 e. The van der Waals surface area contributed by atoms with E-state index in [1.165, 1.54) is 31.5 Å². The van der Waals surface area contributed by atoms with Crippen molar-refractivity contribution < 1.29 is 0 Å². The Balaban J connectivity index is 2.14. The van der Waals surface area contributed by atoms with E-state index >= 15 is 0 Å². The molecule has 1 aromatic heterocycles. The van der Waals surface area contributed by atoms with E-state index in [4.69, 9.17) is 5.73 Å². The zero-order chi connectivity index (χ0) is 14.5. The van der Waals surface area contributed by atoms with Gasteiger partial charge in [-0.2, -0.15) is 0 Å². The van der Waals surface area contributed by atoms with Crippen LogP contribution in [0.2, 0.25) is 0 Å². The number of hydrogen-bond donors (Lipinski definition) is 1. The summed E-state index contributed by atoms with van der Waals surface area (Å²) in [6, 6.07) is 5.20. The molecule has 1 aromatic rings. The fraction of sp³-hybridized carbons (Fsp3) is 0.688. The third-order valence-corrected chi connectivity index (χ3v) is 4.61. The Morgan fingerprint density at radius 1 is 1.45 bits per heavy atom. The number of nitrogens with zero attached hydrogens (tertiary/aromatic N) is 3. The molecule has 20 heavy (non-hydrogen) atoms. The maximum Gasteiger partial charge on any atom is 0.0514 e. The van der Waals surface area contributed by atoms with Crippen molar-refractivity contribution in [2.24, 2.45) is 5.73 Å². The van der Waals surface area contributed by atoms with E-state index in [2.05, 4.69) is 41.9 Å². The Labute approximate surface area is 123 Å². The van der Waals surface area contributed by atoms with Gasteiger partial charge in [0.25, 0.3) is 0 Å². The first-order valence-electron chi connectivity index (χ1n) is 7.69. The van der Waals surface area contributed by atoms with Crippen molar-refractivity contribution in [3.8, 4) is 0 Å². The molecule has 2 rings (SSSR count). The van der Waals surface area contributed by atoms with E-state index in [9.17, 15) is 0 Å². The van der Waals surface area contributed by atoms with Crippen molar-refractivity contribution in [2.75, 3.05) is 27.2 Å². The highest BCUT2D eigenvalue weighted by atomic mass is 15.2. The summed E-state index contributed by atoms with van der Waals surface area (Å²) in [7, 11) is 4.43. The third kappa shape index (κ3) is 3.57. The molecule has 2 N–H and O–H groups in total. The average Bonchev–Trinajstić information content (AvgIpc) is 2.49. The van der Waals surface area contributed by atoms with Crippen LogP contribution in [-0.4, -0.2) is 54.1 Å². The highest BCUT2D eigenvalue weighted by molar-refractivity contribution is 5.16. The standard InChI is InChI=1S/C16H28N4/c1-4-15(17)16(13-6-5-9-18-12-13)20(3)14-7-10-19(2)11-8-14/h5-6,9,12,14-16H,4,7-8,10-11,17H2,1-3H3. The Morgan fingerprint density at radius 3 is 2.70 bits per heavy atom. The fourth-order valence-electron chi connectivity index (χ4n) is 3.19. The number of likely N-dealkylation sites (N-methyl/N-ethyl adjacent to an activating group) is 1. The van der Waals surface area contributed by atoms with Crippen molar-refractivity contribution in [2.45, 2.75) is 44.3 Å². The monoisotopic (exact) mass is 276 g/mol. The van der Waals surface area contributed by atoms with Crippen molar-refractivity contribution in [1.82, 2.24) is 14.8 Å². The highest BCUT2D eigenvalue weighted by Gasteiger charge is 2.30. The van der Waals surface area contributed by atoms with E-state index in [1.54, 1.807) is 0 Å². The molecule has 1 aliphatic heterocycles. The Morgan fingerprint density at radius 2 is 2.15 bits per heavy atom. The molecule has 0 bridgehead atoms. The number of piperidine rings is 1. The van der Waals surface area contributed by atoms with E-state index in [0.717, 1.165) is 6.42 Å². The topological polar surface area (TPSA) is 45.4 Å². The van der Waals surface area contributed by atoms with E-state index in [-0.39, 0.29) is 12.1 Å². The number of likely N-dealkylation sites (tertiary alicyclic amines) is 1. The molecule has 112 valence electrons. The van der Waals surface area contributed by atoms with Crippen LogP contribution in [-0.2, 0) is 0 Å². The van der Waals surface area contributed by atoms with Crippen LogP contribution < -0.4 is 5.73 Å². The molecule has 2 unspecified atom stereocenters. The molecule has 2 heterocycles. The first-order chi connectivity index (χ1) is 9.63. The molecule has 1 fully saturated rings. The third-order valence-electron chi connectivity index (χ3n) is 4.61. The van der Waals surface area contributed by atoms with Gasteiger partial charge >= 0.3 is 0 Å². The maximum atomic E-state index is 6.40. The van der Waals surface area contributed by atoms with Gasteiger partial charge in [-0.05, 0) is 58.1 Å². The van der Waals surface area contributed by atoms with Crippen LogP contribution in [0.5, 0.6) is 0 Å². The summed E-state index contributed by atoms with van der Waals surface area (Å²) in [5.41, 5.74) is 7.64. The molecule has 0 aromatic carbocycles. The van der Waals surface area contributed by atoms with Crippen molar-refractivity contribution in [3.63, 3.8) is 0 Å². The molecule has 0 aliphatic carbocycles. The minimum atomic E-state index is 0.156. The quantitative estimate of drug-likeness (QED) is 0.892. The number of rotatable bonds is 5. The molecule has 1 aliphatic rings. The lowest BCUT2D eigenvalue weighted by Gasteiger charge is -2.41. The predicted octanol–water partition coefficient (Wildman–Crippen LogP) is 1.89. The number of aromatic nitrogens is 1. The van der Waals surface area contributed by atoms with Gasteiger partial charge in [-0.1, -0.05) is 13.0 Å². The summed E-state index contributed by atoms with van der Waals surface area (Å²) in [5.74, 6) is 0. The molecule has 2 atom stereocenters. The number of nitrogens with two attached hydrogens (primary N) is 1. The van der Waals surface area contributed by atoms with Gasteiger partial charge in [0.2, 0.25) is 0 Å². The molecule has 4 nitrogen and oxygen atoms in total. The maximum absolute atomic E-state index is 6.40. The first-order valence-corrected chi connectivity index (χ1v) is 7.69. The Bertz CT molecular complexity index is 387. The van der Waals surface area contributed by atoms with Crippen LogP contribution >= 0.6 is 0 Å². The van der Waals surface area contributed by atoms with Crippen LogP contribution in [0.3, 0.4) is 0 Å². The number of pyridine rings is 1. The lowest BCUT2D eigenvalue weighted by atomic mass is 9.94. The van der Waals surface area contributed by atoms with E-state index in [1.807, 2.05) is 18.5 Å². The second-order valence-corrected chi connectivity index (χ2v) is 6.00. The zero-order valence-corrected chi connectivity index (χ0v) is 13.0. The van der Waals surface area contributed by atoms with Crippen molar-refractivity contribution in [1.29, 1.82) is 0 Å². The molecule has 0 radical (unpaired) electrons. The zero-order valence-electron chi connectivity index (χ0n) is 13.0. The summed E-state index contributed by atoms with van der Waals surface area (Å²) in [4.78, 5) is 9.16. The van der Waals surface area contributed by atoms with Gasteiger partial charge in [0.1, 0.15) is 0 Å². The van der Waals surface area contributed by atoms with Crippen molar-refractivity contribution >= 4 is 0 Å². The largest absolute Gasteiger partial charge is 0.326 e. The normalized spacial score (nSPS) is 21.1. The summed E-state index contributed by atoms with van der Waals surface area (Å²) in [5, 5.41) is 0. The molecule has 1 saturated heterocycles. The lowest BCUT2D eigenvalue weighted by Crippen LogP contribution is -2.48. The van der Waals surface area contributed by atoms with Crippen LogP contribution in [0.4, 0.5) is 0 Å². The summed E-state index contributed by atoms with van der Waals surface area (Å²) >= 11 is 0. The Kier molecular flexibility index (Phi) is 5.52. The predicted molar refractivity (Wildman–Crippen MR) is 83.5 cm³/mol. The van der Waals surface area contributed by atoms with E-state index < -0.39 is 0 Å². The van der Waals surface area contributed by atoms with Crippen LogP contribution in [0.25, 0.3) is 0 Å². The van der Waals surface area contributed by atoms with Crippen LogP contribution in [0.15, 0.2) is 24.5 Å². The SMILES string of the molecule is CCC(N)C(c1cccnc1)N(C)C1CCN(C)CC1. The van der Waals surface area contributed by atoms with E-state index in [0.29, 0.717) is 6.04 Å². The summed E-state index contributed by atoms with van der Waals surface area (Å²) in [6.45, 7) is 4.52. The van der Waals surface area contributed by atoms with Gasteiger partial charge < -0.3 is 10.6 Å². The van der Waals surface area contributed by atoms with Gasteiger partial charge in [-0.15, -0.1) is 0 Å². The van der Waals surface area contributed by atoms with Crippen molar-refractivity contribution in [3.05, 3.63) is 30.1 Å². The van der Waals surface area contributed by atoms with Gasteiger partial charge in [0.15, 0.2) is 0 Å². The van der Waals surface area contributed by atoms with Gasteiger partial charge in [-0.25, -0.2) is 0 Å².